The summed E-state index contributed by atoms with van der Waals surface area (Å²) in [6, 6.07) is 8.18. The lowest BCUT2D eigenvalue weighted by molar-refractivity contribution is -0.0503. The predicted molar refractivity (Wildman–Crippen MR) is 151 cm³/mol. The molecule has 10 heteroatoms. The third-order valence-corrected chi connectivity index (χ3v) is 10.0. The molecular formula is C29H37ClN8O. The molecule has 1 aromatic carbocycles. The Balaban J connectivity index is 1.03. The van der Waals surface area contributed by atoms with Crippen LogP contribution in [-0.2, 0) is 6.54 Å². The van der Waals surface area contributed by atoms with Gasteiger partial charge in [-0.3, -0.25) is 4.79 Å². The van der Waals surface area contributed by atoms with E-state index in [2.05, 4.69) is 30.9 Å². The molecule has 4 bridgehead atoms. The third kappa shape index (κ3) is 5.11. The van der Waals surface area contributed by atoms with E-state index in [0.717, 1.165) is 73.5 Å². The molecular weight excluding hydrogens is 512 g/mol. The minimum atomic E-state index is -0.0694. The second kappa shape index (κ2) is 10.3. The fourth-order valence-electron chi connectivity index (χ4n) is 8.45. The van der Waals surface area contributed by atoms with Crippen molar-refractivity contribution in [2.75, 3.05) is 31.1 Å². The van der Waals surface area contributed by atoms with E-state index in [-0.39, 0.29) is 11.3 Å². The van der Waals surface area contributed by atoms with Crippen molar-refractivity contribution in [3.05, 3.63) is 41.2 Å². The number of fused-ring (bicyclic) bond motifs is 1. The zero-order valence-corrected chi connectivity index (χ0v) is 23.1. The molecule has 1 amide bonds. The van der Waals surface area contributed by atoms with Crippen LogP contribution in [0, 0.1) is 23.2 Å². The van der Waals surface area contributed by atoms with Crippen LogP contribution in [0.1, 0.15) is 61.7 Å². The Morgan fingerprint density at radius 3 is 2.62 bits per heavy atom. The quantitative estimate of drug-likeness (QED) is 0.437. The molecule has 3 aromatic rings. The van der Waals surface area contributed by atoms with Gasteiger partial charge in [-0.1, -0.05) is 11.6 Å². The van der Waals surface area contributed by atoms with Gasteiger partial charge < -0.3 is 15.5 Å². The molecule has 8 rings (SSSR count). The monoisotopic (exact) mass is 548 g/mol. The van der Waals surface area contributed by atoms with Crippen LogP contribution in [0.2, 0.25) is 5.02 Å². The summed E-state index contributed by atoms with van der Waals surface area (Å²) in [6.07, 6.45) is 11.7. The summed E-state index contributed by atoms with van der Waals surface area (Å²) in [7, 11) is 0. The molecule has 206 valence electrons. The molecule has 5 fully saturated rings. The number of pyridine rings is 1. The average molecular weight is 549 g/mol. The molecule has 4 saturated carbocycles. The minimum absolute atomic E-state index is 0.0694. The normalized spacial score (nSPS) is 29.7. The molecule has 39 heavy (non-hydrogen) atoms. The first-order valence-electron chi connectivity index (χ1n) is 14.6. The van der Waals surface area contributed by atoms with Gasteiger partial charge in [-0.15, -0.1) is 10.2 Å². The van der Waals surface area contributed by atoms with Crippen molar-refractivity contribution in [3.63, 3.8) is 0 Å². The van der Waals surface area contributed by atoms with Crippen LogP contribution in [0.5, 0.6) is 0 Å². The number of rotatable bonds is 8. The molecule has 2 aromatic heterocycles. The number of tetrazole rings is 1. The lowest BCUT2D eigenvalue weighted by Crippen LogP contribution is -2.51. The Bertz CT molecular complexity index is 1310. The molecule has 2 N–H and O–H groups in total. The molecule has 1 atom stereocenters. The summed E-state index contributed by atoms with van der Waals surface area (Å²) in [4.78, 5) is 22.4. The molecule has 3 heterocycles. The lowest BCUT2D eigenvalue weighted by Gasteiger charge is -2.56. The van der Waals surface area contributed by atoms with Crippen molar-refractivity contribution in [1.29, 1.82) is 0 Å². The van der Waals surface area contributed by atoms with E-state index < -0.39 is 0 Å². The summed E-state index contributed by atoms with van der Waals surface area (Å²) >= 11 is 6.62. The molecule has 4 aliphatic carbocycles. The van der Waals surface area contributed by atoms with Gasteiger partial charge in [0.05, 0.1) is 22.6 Å². The molecule has 1 aliphatic heterocycles. The van der Waals surface area contributed by atoms with Crippen molar-refractivity contribution in [1.82, 2.24) is 35.8 Å². The zero-order valence-electron chi connectivity index (χ0n) is 22.4. The Morgan fingerprint density at radius 1 is 1.08 bits per heavy atom. The first kappa shape index (κ1) is 25.2. The summed E-state index contributed by atoms with van der Waals surface area (Å²) < 4.78 is 0. The van der Waals surface area contributed by atoms with Gasteiger partial charge in [-0.25, -0.2) is 4.98 Å². The molecule has 0 radical (unpaired) electrons. The Labute approximate surface area is 234 Å². The fraction of sp³-hybridized carbons (Fsp3) is 0.621. The molecule has 1 saturated heterocycles. The number of aromatic nitrogens is 5. The van der Waals surface area contributed by atoms with Crippen molar-refractivity contribution in [2.24, 2.45) is 23.2 Å². The Morgan fingerprint density at radius 2 is 1.87 bits per heavy atom. The number of carbonyl (C=O) groups excluding carboxylic acids is 1. The number of nitrogens with zero attached hydrogens (tertiary/aromatic N) is 6. The van der Waals surface area contributed by atoms with Gasteiger partial charge in [0.2, 0.25) is 0 Å². The number of halogens is 1. The largest absolute Gasteiger partial charge is 0.355 e. The van der Waals surface area contributed by atoms with Gasteiger partial charge in [0, 0.05) is 37.6 Å². The van der Waals surface area contributed by atoms with E-state index in [1.165, 1.54) is 44.9 Å². The number of hydrogen-bond donors (Lipinski definition) is 2. The summed E-state index contributed by atoms with van der Waals surface area (Å²) in [6.45, 7) is 4.10. The molecule has 9 nitrogen and oxygen atoms in total. The van der Waals surface area contributed by atoms with Crippen LogP contribution >= 0.6 is 11.6 Å². The number of piperidine rings is 1. The Hall–Kier alpha value is -2.78. The van der Waals surface area contributed by atoms with Gasteiger partial charge in [0.1, 0.15) is 5.82 Å². The second-order valence-corrected chi connectivity index (χ2v) is 12.9. The maximum atomic E-state index is 13.5. The van der Waals surface area contributed by atoms with E-state index in [1.54, 1.807) is 4.80 Å². The van der Waals surface area contributed by atoms with Crippen molar-refractivity contribution < 1.29 is 4.79 Å². The van der Waals surface area contributed by atoms with Crippen molar-refractivity contribution in [3.8, 4) is 0 Å². The second-order valence-electron chi connectivity index (χ2n) is 12.5. The maximum absolute atomic E-state index is 13.5. The van der Waals surface area contributed by atoms with Crippen LogP contribution in [0.3, 0.4) is 0 Å². The van der Waals surface area contributed by atoms with E-state index in [1.807, 2.05) is 24.3 Å². The highest BCUT2D eigenvalue weighted by atomic mass is 35.5. The number of benzene rings is 1. The van der Waals surface area contributed by atoms with Crippen molar-refractivity contribution in [2.45, 2.75) is 64.0 Å². The summed E-state index contributed by atoms with van der Waals surface area (Å²) in [5.41, 5.74) is 1.65. The number of carbonyl (C=O) groups is 1. The lowest BCUT2D eigenvalue weighted by atomic mass is 9.49. The van der Waals surface area contributed by atoms with E-state index in [9.17, 15) is 4.79 Å². The van der Waals surface area contributed by atoms with E-state index >= 15 is 0 Å². The number of nitrogens with one attached hydrogen (secondary N) is 2. The SMILES string of the molecule is O=C(NCC12CC3CC(CC(C3)C1)C2)c1c(Cl)ccc2nc(N3CCC[C@H](NCCn4ncnn4)C3)ccc12. The highest BCUT2D eigenvalue weighted by Crippen LogP contribution is 2.59. The van der Waals surface area contributed by atoms with E-state index in [0.29, 0.717) is 23.2 Å². The van der Waals surface area contributed by atoms with Crippen LogP contribution < -0.4 is 15.5 Å². The van der Waals surface area contributed by atoms with Crippen LogP contribution in [0.4, 0.5) is 5.82 Å². The zero-order chi connectivity index (χ0) is 26.4. The van der Waals surface area contributed by atoms with Gasteiger partial charge in [-0.05, 0) is 104 Å². The highest BCUT2D eigenvalue weighted by molar-refractivity contribution is 6.35. The Kier molecular flexibility index (Phi) is 6.67. The van der Waals surface area contributed by atoms with Crippen LogP contribution in [0.25, 0.3) is 10.9 Å². The maximum Gasteiger partial charge on any atom is 0.253 e. The number of hydrogen-bond acceptors (Lipinski definition) is 7. The molecule has 5 aliphatic rings. The first-order chi connectivity index (χ1) is 19.0. The van der Waals surface area contributed by atoms with Gasteiger partial charge >= 0.3 is 0 Å². The summed E-state index contributed by atoms with van der Waals surface area (Å²) in [5, 5.41) is 20.0. The van der Waals surface area contributed by atoms with Crippen molar-refractivity contribution >= 4 is 34.2 Å². The first-order valence-corrected chi connectivity index (χ1v) is 15.0. The van der Waals surface area contributed by atoms with Gasteiger partial charge in [-0.2, -0.15) is 4.80 Å². The highest BCUT2D eigenvalue weighted by Gasteiger charge is 2.50. The average Bonchev–Trinajstić information content (AvgIpc) is 3.45. The van der Waals surface area contributed by atoms with Gasteiger partial charge in [0.25, 0.3) is 5.91 Å². The predicted octanol–water partition coefficient (Wildman–Crippen LogP) is 4.08. The van der Waals surface area contributed by atoms with Crippen LogP contribution in [0.15, 0.2) is 30.6 Å². The number of amides is 1. The third-order valence-electron chi connectivity index (χ3n) is 9.70. The minimum Gasteiger partial charge on any atom is -0.355 e. The molecule has 0 spiro atoms. The van der Waals surface area contributed by atoms with Crippen LogP contribution in [-0.4, -0.2) is 63.3 Å². The molecule has 0 unspecified atom stereocenters. The number of anilines is 1. The standard InChI is InChI=1S/C29H37ClN8O/c30-24-4-5-25-23(27(24)28(39)32-17-29-13-19-10-20(14-29)12-21(11-19)15-29)3-6-26(35-25)37-8-1-2-22(16-37)31-7-9-38-34-18-33-36-38/h3-6,18-22,31H,1-2,7-17H2,(H,32,39)/t19?,20?,21?,22-,29?/m0/s1. The smallest absolute Gasteiger partial charge is 0.253 e. The summed E-state index contributed by atoms with van der Waals surface area (Å²) in [5.74, 6) is 3.47. The van der Waals surface area contributed by atoms with E-state index in [4.69, 9.17) is 16.6 Å². The fourth-order valence-corrected chi connectivity index (χ4v) is 8.70. The van der Waals surface area contributed by atoms with Gasteiger partial charge in [0.15, 0.2) is 6.33 Å². The topological polar surface area (TPSA) is 101 Å².